The van der Waals surface area contributed by atoms with Gasteiger partial charge in [0.1, 0.15) is 54.9 Å². The number of aliphatic hydroxyl groups excluding tert-OH is 7. The molecule has 21 atom stereocenters. The Morgan fingerprint density at radius 3 is 2.00 bits per heavy atom. The molecule has 5 aliphatic carbocycles. The van der Waals surface area contributed by atoms with Crippen molar-refractivity contribution in [3.05, 3.63) is 11.6 Å². The van der Waals surface area contributed by atoms with Crippen LogP contribution in [0.2, 0.25) is 0 Å². The molecule has 4 saturated carbocycles. The van der Waals surface area contributed by atoms with Gasteiger partial charge in [0.2, 0.25) is 0 Å². The second-order valence-electron chi connectivity index (χ2n) is 22.6. The molecule has 3 saturated heterocycles. The van der Waals surface area contributed by atoms with Gasteiger partial charge in [0, 0.05) is 0 Å². The van der Waals surface area contributed by atoms with Crippen LogP contribution in [-0.4, -0.2) is 146 Å². The molecule has 0 spiro atoms. The molecule has 7 fully saturated rings. The number of hydrogen-bond acceptors (Lipinski definition) is 14. The summed E-state index contributed by atoms with van der Waals surface area (Å²) in [6.45, 7) is 17.5. The van der Waals surface area contributed by atoms with Gasteiger partial charge in [-0.05, 0) is 116 Å². The number of hydrogen-bond donors (Lipinski definition) is 8. The summed E-state index contributed by atoms with van der Waals surface area (Å²) in [5.74, 6) is 0.0702. The summed E-state index contributed by atoms with van der Waals surface area (Å²) in [7, 11) is 0. The van der Waals surface area contributed by atoms with Crippen LogP contribution in [0.15, 0.2) is 11.6 Å². The molecule has 8 rings (SSSR count). The summed E-state index contributed by atoms with van der Waals surface area (Å²) in [6.07, 6.45) is -7.57. The number of carboxylic acids is 1. The molecular weight excluding hydrogens is 792 g/mol. The highest BCUT2D eigenvalue weighted by molar-refractivity contribution is 5.76. The Labute approximate surface area is 360 Å². The predicted molar refractivity (Wildman–Crippen MR) is 217 cm³/mol. The number of aliphatic hydroxyl groups is 7. The van der Waals surface area contributed by atoms with Gasteiger partial charge in [-0.1, -0.05) is 60.1 Å². The molecule has 21 unspecified atom stereocenters. The number of aliphatic carboxylic acids is 1. The Morgan fingerprint density at radius 2 is 1.31 bits per heavy atom. The number of ether oxygens (including phenoxy) is 6. The molecule has 15 nitrogen and oxygen atoms in total. The minimum Gasteiger partial charge on any atom is -0.481 e. The fraction of sp³-hybridized carbons (Fsp3) is 0.935. The van der Waals surface area contributed by atoms with Crippen LogP contribution in [0.25, 0.3) is 0 Å². The molecular formula is C46H74O15. The van der Waals surface area contributed by atoms with Crippen molar-refractivity contribution in [3.63, 3.8) is 0 Å². The molecule has 0 radical (unpaired) electrons. The van der Waals surface area contributed by atoms with Crippen molar-refractivity contribution in [2.75, 3.05) is 13.2 Å². The van der Waals surface area contributed by atoms with Crippen molar-refractivity contribution in [2.24, 2.45) is 50.2 Å². The third kappa shape index (κ3) is 7.21. The average molecular weight is 867 g/mol. The maximum Gasteiger partial charge on any atom is 0.310 e. The SMILES string of the molecule is CC1OC(OC2C(OC3CCC4(C)C(CCC5(C)C4CC=C4C6CC(C)(C)CCC6(C(=O)O)CCC45C)C3(C)C)OCC(O)C2O)C(O)C(OC2OCC(O)C(O)C2O)C1O. The van der Waals surface area contributed by atoms with Gasteiger partial charge >= 0.3 is 5.97 Å². The summed E-state index contributed by atoms with van der Waals surface area (Å²) < 4.78 is 36.2. The molecule has 0 aromatic carbocycles. The van der Waals surface area contributed by atoms with E-state index in [9.17, 15) is 45.6 Å². The first-order valence-electron chi connectivity index (χ1n) is 23.0. The third-order valence-corrected chi connectivity index (χ3v) is 18.5. The molecule has 0 bridgehead atoms. The van der Waals surface area contributed by atoms with E-state index < -0.39 is 91.3 Å². The molecule has 8 N–H and O–H groups in total. The maximum absolute atomic E-state index is 13.1. The average Bonchev–Trinajstić information content (AvgIpc) is 3.18. The van der Waals surface area contributed by atoms with Crippen LogP contribution in [0.5, 0.6) is 0 Å². The van der Waals surface area contributed by atoms with Crippen molar-refractivity contribution in [3.8, 4) is 0 Å². The smallest absolute Gasteiger partial charge is 0.310 e. The van der Waals surface area contributed by atoms with Gasteiger partial charge in [0.15, 0.2) is 18.9 Å². The molecule has 15 heteroatoms. The predicted octanol–water partition coefficient (Wildman–Crippen LogP) is 3.01. The lowest BCUT2D eigenvalue weighted by Gasteiger charge is -2.71. The lowest BCUT2D eigenvalue weighted by molar-refractivity contribution is -0.378. The highest BCUT2D eigenvalue weighted by Crippen LogP contribution is 2.76. The van der Waals surface area contributed by atoms with E-state index in [0.29, 0.717) is 12.3 Å². The van der Waals surface area contributed by atoms with Crippen molar-refractivity contribution in [1.29, 1.82) is 0 Å². The van der Waals surface area contributed by atoms with Gasteiger partial charge < -0.3 is 69.3 Å². The minimum atomic E-state index is -1.69. The van der Waals surface area contributed by atoms with E-state index in [1.807, 2.05) is 0 Å². The second-order valence-corrected chi connectivity index (χ2v) is 22.6. The molecule has 0 aromatic heterocycles. The molecule has 3 heterocycles. The first-order chi connectivity index (χ1) is 28.4. The maximum atomic E-state index is 13.1. The standard InChI is InChI=1S/C46H74O15/c1-22-30(49)35(60-37-33(52)31(50)25(47)20-56-37)34(53)38(58-22)61-36-32(51)26(48)21-57-39(36)59-29-12-13-43(6)27(42(29,4)5)11-14-45(8)28(43)10-9-23-24-19-41(2,3)15-17-46(24,40(54)55)18-16-44(23,45)7/h9,22,24-39,47-53H,10-21H2,1-8H3,(H,54,55). The normalized spacial score (nSPS) is 54.3. The van der Waals surface area contributed by atoms with Crippen molar-refractivity contribution in [1.82, 2.24) is 0 Å². The molecule has 348 valence electrons. The fourth-order valence-electron chi connectivity index (χ4n) is 14.5. The van der Waals surface area contributed by atoms with Crippen molar-refractivity contribution < 1.29 is 74.1 Å². The van der Waals surface area contributed by atoms with Gasteiger partial charge in [0.05, 0.1) is 30.8 Å². The molecule has 61 heavy (non-hydrogen) atoms. The molecule has 0 aromatic rings. The zero-order chi connectivity index (χ0) is 44.4. The summed E-state index contributed by atoms with van der Waals surface area (Å²) in [6, 6.07) is 0. The minimum absolute atomic E-state index is 0.0145. The Hall–Kier alpha value is -1.31. The van der Waals surface area contributed by atoms with E-state index >= 15 is 0 Å². The van der Waals surface area contributed by atoms with Gasteiger partial charge in [-0.3, -0.25) is 4.79 Å². The van der Waals surface area contributed by atoms with Crippen LogP contribution in [0.4, 0.5) is 0 Å². The number of fused-ring (bicyclic) bond motifs is 7. The monoisotopic (exact) mass is 867 g/mol. The summed E-state index contributed by atoms with van der Waals surface area (Å²) in [5.41, 5.74) is 0.298. The van der Waals surface area contributed by atoms with E-state index in [-0.39, 0.29) is 58.2 Å². The van der Waals surface area contributed by atoms with Crippen LogP contribution in [-0.2, 0) is 33.2 Å². The highest BCUT2D eigenvalue weighted by atomic mass is 16.8. The molecule has 8 aliphatic rings. The van der Waals surface area contributed by atoms with Crippen LogP contribution >= 0.6 is 0 Å². The zero-order valence-corrected chi connectivity index (χ0v) is 37.3. The quantitative estimate of drug-likeness (QED) is 0.136. The van der Waals surface area contributed by atoms with Crippen LogP contribution in [0, 0.1) is 50.2 Å². The lowest BCUT2D eigenvalue weighted by Crippen LogP contribution is -2.66. The fourth-order valence-corrected chi connectivity index (χ4v) is 14.5. The summed E-state index contributed by atoms with van der Waals surface area (Å²) in [4.78, 5) is 13.1. The zero-order valence-electron chi connectivity index (χ0n) is 37.3. The first kappa shape index (κ1) is 46.2. The number of carbonyl (C=O) groups is 1. The van der Waals surface area contributed by atoms with Crippen molar-refractivity contribution >= 4 is 5.97 Å². The summed E-state index contributed by atoms with van der Waals surface area (Å²) in [5, 5.41) is 85.9. The summed E-state index contributed by atoms with van der Waals surface area (Å²) >= 11 is 0. The Bertz CT molecular complexity index is 1670. The lowest BCUT2D eigenvalue weighted by atomic mass is 9.33. The Kier molecular flexibility index (Phi) is 12.1. The van der Waals surface area contributed by atoms with E-state index in [0.717, 1.165) is 57.8 Å². The van der Waals surface area contributed by atoms with Crippen LogP contribution in [0.1, 0.15) is 120 Å². The van der Waals surface area contributed by atoms with E-state index in [4.69, 9.17) is 28.4 Å². The van der Waals surface area contributed by atoms with Gasteiger partial charge in [-0.15, -0.1) is 0 Å². The van der Waals surface area contributed by atoms with Gasteiger partial charge in [0.25, 0.3) is 0 Å². The van der Waals surface area contributed by atoms with E-state index in [2.05, 4.69) is 54.5 Å². The first-order valence-corrected chi connectivity index (χ1v) is 23.0. The van der Waals surface area contributed by atoms with Crippen LogP contribution in [0.3, 0.4) is 0 Å². The van der Waals surface area contributed by atoms with E-state index in [1.165, 1.54) is 12.5 Å². The molecule has 0 amide bonds. The number of carboxylic acid groups (broad SMARTS) is 1. The number of rotatable bonds is 7. The van der Waals surface area contributed by atoms with Gasteiger partial charge in [-0.25, -0.2) is 0 Å². The highest BCUT2D eigenvalue weighted by Gasteiger charge is 2.69. The second kappa shape index (κ2) is 15.9. The topological polar surface area (TPSA) is 234 Å². The third-order valence-electron chi connectivity index (χ3n) is 18.5. The Morgan fingerprint density at radius 1 is 0.672 bits per heavy atom. The van der Waals surface area contributed by atoms with Gasteiger partial charge in [-0.2, -0.15) is 0 Å². The largest absolute Gasteiger partial charge is 0.481 e. The Balaban J connectivity index is 1.00. The van der Waals surface area contributed by atoms with Crippen LogP contribution < -0.4 is 0 Å². The molecule has 3 aliphatic heterocycles. The number of allylic oxidation sites excluding steroid dienone is 2. The van der Waals surface area contributed by atoms with E-state index in [1.54, 1.807) is 0 Å². The van der Waals surface area contributed by atoms with Crippen molar-refractivity contribution in [2.45, 2.75) is 206 Å².